The molecule has 2 rings (SSSR count). The zero-order valence-corrected chi connectivity index (χ0v) is 21.0. The molecule has 1 aliphatic carbocycles. The van der Waals surface area contributed by atoms with E-state index in [0.717, 1.165) is 17.7 Å². The third kappa shape index (κ3) is 10.8. The summed E-state index contributed by atoms with van der Waals surface area (Å²) in [6, 6.07) is 3.82. The smallest absolute Gasteiger partial charge is 0.411 e. The molecule has 0 heterocycles. The molecule has 1 aliphatic rings. The minimum absolute atomic E-state index is 0.0381. The Morgan fingerprint density at radius 3 is 2.66 bits per heavy atom. The van der Waals surface area contributed by atoms with Gasteiger partial charge in [0.2, 0.25) is 10.0 Å². The fourth-order valence-electron chi connectivity index (χ4n) is 3.18. The van der Waals surface area contributed by atoms with E-state index >= 15 is 0 Å². The van der Waals surface area contributed by atoms with E-state index in [1.54, 1.807) is 19.1 Å². The Balaban J connectivity index is 1.83. The molecule has 0 aliphatic heterocycles. The van der Waals surface area contributed by atoms with Crippen molar-refractivity contribution < 1.29 is 41.7 Å². The van der Waals surface area contributed by atoms with Gasteiger partial charge in [0, 0.05) is 19.2 Å². The average Bonchev–Trinajstić information content (AvgIpc) is 3.63. The Morgan fingerprint density at radius 2 is 2.03 bits per heavy atom. The fraction of sp³-hybridized carbons (Fsp3) is 0.652. The first kappa shape index (κ1) is 28.8. The molecule has 2 N–H and O–H groups in total. The first-order valence-corrected chi connectivity index (χ1v) is 13.4. The number of halogens is 1. The van der Waals surface area contributed by atoms with Crippen LogP contribution in [0.15, 0.2) is 18.2 Å². The Labute approximate surface area is 205 Å². The van der Waals surface area contributed by atoms with Crippen molar-refractivity contribution in [1.29, 1.82) is 0 Å². The lowest BCUT2D eigenvalue weighted by molar-refractivity contribution is -0.137. The number of rotatable bonds is 17. The standard InChI is InChI=1S/C23H35FN2O8S/c1-3-20(18-8-9-19(24)21(14-18)34-15-17-6-7-17)25-35(30,31)13-5-12-32-16-26(11-10-22(27)28)23(29)33-4-2/h8-9,14,17,20,25H,3-7,10-13,15-16H2,1-2H3,(H,27,28)/t20-/m1/s1. The van der Waals surface area contributed by atoms with Crippen LogP contribution in [0.2, 0.25) is 0 Å². The summed E-state index contributed by atoms with van der Waals surface area (Å²) in [5, 5.41) is 8.81. The number of carboxylic acids is 1. The van der Waals surface area contributed by atoms with E-state index in [4.69, 9.17) is 19.3 Å². The van der Waals surface area contributed by atoms with Crippen molar-refractivity contribution in [3.05, 3.63) is 29.6 Å². The number of sulfonamides is 1. The summed E-state index contributed by atoms with van der Waals surface area (Å²) in [6.45, 7) is 3.78. The largest absolute Gasteiger partial charge is 0.490 e. The SMILES string of the molecule is CCOC(=O)N(CCC(=O)O)COCCCS(=O)(=O)N[C@H](CC)c1ccc(F)c(OCC2CC2)c1. The Morgan fingerprint density at radius 1 is 1.29 bits per heavy atom. The van der Waals surface area contributed by atoms with Gasteiger partial charge >= 0.3 is 12.1 Å². The van der Waals surface area contributed by atoms with Crippen LogP contribution in [0.1, 0.15) is 57.6 Å². The van der Waals surface area contributed by atoms with Crippen molar-refractivity contribution >= 4 is 22.1 Å². The summed E-state index contributed by atoms with van der Waals surface area (Å²) in [5.74, 6) is -1.18. The summed E-state index contributed by atoms with van der Waals surface area (Å²) in [5.41, 5.74) is 0.614. The minimum atomic E-state index is -3.67. The molecule has 0 bridgehead atoms. The summed E-state index contributed by atoms with van der Waals surface area (Å²) in [6.07, 6.45) is 1.79. The molecule has 1 atom stereocenters. The van der Waals surface area contributed by atoms with Crippen molar-refractivity contribution in [3.63, 3.8) is 0 Å². The summed E-state index contributed by atoms with van der Waals surface area (Å²) in [4.78, 5) is 23.8. The molecule has 35 heavy (non-hydrogen) atoms. The molecule has 12 heteroatoms. The summed E-state index contributed by atoms with van der Waals surface area (Å²) < 4.78 is 57.7. The number of benzene rings is 1. The molecule has 1 aromatic carbocycles. The Kier molecular flexibility index (Phi) is 11.7. The predicted molar refractivity (Wildman–Crippen MR) is 126 cm³/mol. The zero-order chi connectivity index (χ0) is 25.8. The Bertz CT molecular complexity index is 939. The van der Waals surface area contributed by atoms with Gasteiger partial charge in [-0.1, -0.05) is 13.0 Å². The average molecular weight is 519 g/mol. The van der Waals surface area contributed by atoms with Crippen molar-refractivity contribution in [3.8, 4) is 5.75 Å². The van der Waals surface area contributed by atoms with Crippen LogP contribution in [0, 0.1) is 11.7 Å². The number of aliphatic carboxylic acids is 1. The van der Waals surface area contributed by atoms with E-state index in [1.807, 2.05) is 6.92 Å². The topological polar surface area (TPSA) is 131 Å². The molecule has 0 saturated heterocycles. The van der Waals surface area contributed by atoms with Crippen LogP contribution < -0.4 is 9.46 Å². The highest BCUT2D eigenvalue weighted by Gasteiger charge is 2.24. The van der Waals surface area contributed by atoms with E-state index in [2.05, 4.69) is 4.72 Å². The Hall–Kier alpha value is -2.44. The minimum Gasteiger partial charge on any atom is -0.490 e. The van der Waals surface area contributed by atoms with E-state index in [-0.39, 0.29) is 50.8 Å². The number of carbonyl (C=O) groups excluding carboxylic acids is 1. The molecule has 10 nitrogen and oxygen atoms in total. The van der Waals surface area contributed by atoms with E-state index < -0.39 is 33.9 Å². The van der Waals surface area contributed by atoms with Crippen LogP contribution in [-0.4, -0.2) is 69.3 Å². The number of carboxylic acid groups (broad SMARTS) is 1. The second-order valence-corrected chi connectivity index (χ2v) is 10.2. The van der Waals surface area contributed by atoms with Crippen molar-refractivity contribution in [2.45, 2.75) is 52.0 Å². The van der Waals surface area contributed by atoms with E-state index in [9.17, 15) is 22.4 Å². The molecule has 1 fully saturated rings. The third-order valence-electron chi connectivity index (χ3n) is 5.33. The lowest BCUT2D eigenvalue weighted by Gasteiger charge is -2.21. The molecule has 0 unspecified atom stereocenters. The number of hydrogen-bond acceptors (Lipinski definition) is 7. The van der Waals surface area contributed by atoms with Gasteiger partial charge in [0.15, 0.2) is 11.6 Å². The highest BCUT2D eigenvalue weighted by atomic mass is 32.2. The third-order valence-corrected chi connectivity index (χ3v) is 6.80. The van der Waals surface area contributed by atoms with Gasteiger partial charge in [-0.3, -0.25) is 9.69 Å². The lowest BCUT2D eigenvalue weighted by atomic mass is 10.1. The quantitative estimate of drug-likeness (QED) is 0.237. The van der Waals surface area contributed by atoms with Gasteiger partial charge in [-0.2, -0.15) is 0 Å². The molecule has 0 aromatic heterocycles. The maximum atomic E-state index is 14.1. The number of nitrogens with zero attached hydrogens (tertiary/aromatic N) is 1. The highest BCUT2D eigenvalue weighted by molar-refractivity contribution is 7.89. The van der Waals surface area contributed by atoms with Crippen LogP contribution in [0.25, 0.3) is 0 Å². The molecular formula is C23H35FN2O8S. The lowest BCUT2D eigenvalue weighted by Crippen LogP contribution is -2.36. The summed E-state index contributed by atoms with van der Waals surface area (Å²) in [7, 11) is -3.67. The fourth-order valence-corrected chi connectivity index (χ4v) is 4.53. The molecule has 198 valence electrons. The van der Waals surface area contributed by atoms with Crippen LogP contribution in [-0.2, 0) is 24.3 Å². The number of nitrogens with one attached hydrogen (secondary N) is 1. The number of amides is 1. The zero-order valence-electron chi connectivity index (χ0n) is 20.2. The van der Waals surface area contributed by atoms with Gasteiger partial charge in [-0.05, 0) is 56.2 Å². The van der Waals surface area contributed by atoms with Crippen LogP contribution in [0.4, 0.5) is 9.18 Å². The van der Waals surface area contributed by atoms with Crippen molar-refractivity contribution in [2.24, 2.45) is 5.92 Å². The van der Waals surface area contributed by atoms with E-state index in [1.165, 1.54) is 6.07 Å². The predicted octanol–water partition coefficient (Wildman–Crippen LogP) is 3.28. The molecule has 1 aromatic rings. The van der Waals surface area contributed by atoms with Crippen LogP contribution in [0.3, 0.4) is 0 Å². The number of ether oxygens (including phenoxy) is 3. The normalized spacial score (nSPS) is 14.4. The summed E-state index contributed by atoms with van der Waals surface area (Å²) >= 11 is 0. The molecule has 0 spiro atoms. The second kappa shape index (κ2) is 14.2. The molecular weight excluding hydrogens is 483 g/mol. The van der Waals surface area contributed by atoms with Gasteiger partial charge in [0.25, 0.3) is 0 Å². The highest BCUT2D eigenvalue weighted by Crippen LogP contribution is 2.31. The van der Waals surface area contributed by atoms with Gasteiger partial charge in [-0.25, -0.2) is 22.3 Å². The monoisotopic (exact) mass is 518 g/mol. The molecule has 0 radical (unpaired) electrons. The molecule has 1 amide bonds. The maximum absolute atomic E-state index is 14.1. The second-order valence-electron chi connectivity index (χ2n) is 8.34. The van der Waals surface area contributed by atoms with Gasteiger partial charge in [0.05, 0.1) is 25.4 Å². The van der Waals surface area contributed by atoms with E-state index in [0.29, 0.717) is 24.5 Å². The van der Waals surface area contributed by atoms with Crippen LogP contribution in [0.5, 0.6) is 5.75 Å². The van der Waals surface area contributed by atoms with Crippen LogP contribution >= 0.6 is 0 Å². The van der Waals surface area contributed by atoms with Gasteiger partial charge < -0.3 is 19.3 Å². The first-order chi connectivity index (χ1) is 16.6. The number of carbonyl (C=O) groups is 2. The van der Waals surface area contributed by atoms with Crippen molar-refractivity contribution in [2.75, 3.05) is 38.8 Å². The first-order valence-electron chi connectivity index (χ1n) is 11.8. The maximum Gasteiger partial charge on any atom is 0.411 e. The van der Waals surface area contributed by atoms with Gasteiger partial charge in [0.1, 0.15) is 6.73 Å². The number of hydrogen-bond donors (Lipinski definition) is 2. The molecule has 1 saturated carbocycles. The van der Waals surface area contributed by atoms with Crippen molar-refractivity contribution in [1.82, 2.24) is 9.62 Å². The van der Waals surface area contributed by atoms with Gasteiger partial charge in [-0.15, -0.1) is 0 Å².